The molecule has 1 aliphatic heterocycles. The van der Waals surface area contributed by atoms with E-state index >= 15 is 0 Å². The normalized spacial score (nSPS) is 19.0. The molecule has 1 aromatic rings. The number of nitrogens with zero attached hydrogens (tertiary/aromatic N) is 3. The third kappa shape index (κ3) is 3.37. The van der Waals surface area contributed by atoms with Crippen LogP contribution in [0.2, 0.25) is 0 Å². The van der Waals surface area contributed by atoms with Crippen molar-refractivity contribution < 1.29 is 0 Å². The quantitative estimate of drug-likeness (QED) is 0.874. The third-order valence-electron chi connectivity index (χ3n) is 4.66. The van der Waals surface area contributed by atoms with Crippen LogP contribution in [0.4, 0.5) is 5.82 Å². The molecule has 2 heterocycles. The molecular weight excluding hydrogens is 260 g/mol. The number of rotatable bonds is 6. The Hall–Kier alpha value is -1.16. The van der Waals surface area contributed by atoms with E-state index in [1.807, 2.05) is 0 Å². The van der Waals surface area contributed by atoms with Crippen molar-refractivity contribution in [2.75, 3.05) is 11.4 Å². The molecule has 4 nitrogen and oxygen atoms in total. The van der Waals surface area contributed by atoms with E-state index in [4.69, 9.17) is 5.73 Å². The molecule has 0 aromatic carbocycles. The Labute approximate surface area is 129 Å². The Kier molecular flexibility index (Phi) is 5.97. The molecule has 4 heteroatoms. The molecule has 1 unspecified atom stereocenters. The predicted octanol–water partition coefficient (Wildman–Crippen LogP) is 3.22. The lowest BCUT2D eigenvalue weighted by molar-refractivity contribution is 0.429. The predicted molar refractivity (Wildman–Crippen MR) is 88.6 cm³/mol. The van der Waals surface area contributed by atoms with E-state index < -0.39 is 0 Å². The fourth-order valence-electron chi connectivity index (χ4n) is 3.60. The number of anilines is 1. The summed E-state index contributed by atoms with van der Waals surface area (Å²) in [6.07, 6.45) is 8.24. The monoisotopic (exact) mass is 290 g/mol. The zero-order chi connectivity index (χ0) is 15.2. The van der Waals surface area contributed by atoms with Crippen LogP contribution in [0.3, 0.4) is 0 Å². The zero-order valence-corrected chi connectivity index (χ0v) is 13.9. The number of hydrogen-bond donors (Lipinski definition) is 1. The molecule has 0 amide bonds. The van der Waals surface area contributed by atoms with Gasteiger partial charge < -0.3 is 10.6 Å². The van der Waals surface area contributed by atoms with E-state index in [2.05, 4.69) is 35.9 Å². The molecule has 2 N–H and O–H groups in total. The minimum Gasteiger partial charge on any atom is -0.352 e. The van der Waals surface area contributed by atoms with Crippen molar-refractivity contribution in [1.82, 2.24) is 10.2 Å². The SMILES string of the molecule is CCCC1CCCCN1c1nnc(CC)c(CC)c1CN. The summed E-state index contributed by atoms with van der Waals surface area (Å²) in [5.74, 6) is 1.06. The lowest BCUT2D eigenvalue weighted by Crippen LogP contribution is -2.41. The van der Waals surface area contributed by atoms with Gasteiger partial charge in [-0.2, -0.15) is 5.10 Å². The zero-order valence-electron chi connectivity index (χ0n) is 13.9. The molecule has 0 saturated carbocycles. The van der Waals surface area contributed by atoms with E-state index in [1.165, 1.54) is 43.2 Å². The molecule has 1 saturated heterocycles. The molecule has 1 fully saturated rings. The summed E-state index contributed by atoms with van der Waals surface area (Å²) in [6, 6.07) is 0.612. The Morgan fingerprint density at radius 1 is 1.10 bits per heavy atom. The number of nitrogens with two attached hydrogens (primary N) is 1. The van der Waals surface area contributed by atoms with Crippen molar-refractivity contribution in [1.29, 1.82) is 0 Å². The molecule has 1 aliphatic rings. The Balaban J connectivity index is 2.41. The van der Waals surface area contributed by atoms with Gasteiger partial charge in [0.25, 0.3) is 0 Å². The van der Waals surface area contributed by atoms with Gasteiger partial charge in [0.2, 0.25) is 0 Å². The van der Waals surface area contributed by atoms with Crippen molar-refractivity contribution in [2.45, 2.75) is 78.3 Å². The van der Waals surface area contributed by atoms with Crippen LogP contribution in [0, 0.1) is 0 Å². The summed E-state index contributed by atoms with van der Waals surface area (Å²) in [4.78, 5) is 2.49. The molecule has 2 rings (SSSR count). The van der Waals surface area contributed by atoms with Crippen LogP contribution in [-0.2, 0) is 19.4 Å². The van der Waals surface area contributed by atoms with E-state index in [9.17, 15) is 0 Å². The summed E-state index contributed by atoms with van der Waals surface area (Å²) >= 11 is 0. The smallest absolute Gasteiger partial charge is 0.156 e. The number of aryl methyl sites for hydroxylation is 1. The summed E-state index contributed by atoms with van der Waals surface area (Å²) in [6.45, 7) is 8.26. The van der Waals surface area contributed by atoms with Gasteiger partial charge in [-0.05, 0) is 44.1 Å². The highest BCUT2D eigenvalue weighted by atomic mass is 15.3. The first-order valence-corrected chi connectivity index (χ1v) is 8.60. The highest BCUT2D eigenvalue weighted by Crippen LogP contribution is 2.30. The first-order chi connectivity index (χ1) is 10.3. The van der Waals surface area contributed by atoms with Crippen molar-refractivity contribution >= 4 is 5.82 Å². The molecule has 0 spiro atoms. The molecule has 0 bridgehead atoms. The Morgan fingerprint density at radius 2 is 1.90 bits per heavy atom. The largest absolute Gasteiger partial charge is 0.352 e. The lowest BCUT2D eigenvalue weighted by Gasteiger charge is -2.37. The van der Waals surface area contributed by atoms with Crippen LogP contribution < -0.4 is 10.6 Å². The molecule has 0 radical (unpaired) electrons. The van der Waals surface area contributed by atoms with E-state index in [0.29, 0.717) is 12.6 Å². The van der Waals surface area contributed by atoms with E-state index in [0.717, 1.165) is 30.9 Å². The van der Waals surface area contributed by atoms with Crippen LogP contribution in [0.1, 0.15) is 69.7 Å². The van der Waals surface area contributed by atoms with Crippen molar-refractivity contribution in [3.05, 3.63) is 16.8 Å². The van der Waals surface area contributed by atoms with Crippen LogP contribution in [0.15, 0.2) is 0 Å². The highest BCUT2D eigenvalue weighted by molar-refractivity contribution is 5.52. The van der Waals surface area contributed by atoms with E-state index in [-0.39, 0.29) is 0 Å². The van der Waals surface area contributed by atoms with Gasteiger partial charge in [-0.25, -0.2) is 0 Å². The summed E-state index contributed by atoms with van der Waals surface area (Å²) < 4.78 is 0. The maximum Gasteiger partial charge on any atom is 0.156 e. The standard InChI is InChI=1S/C17H30N4/c1-4-9-13-10-7-8-11-21(13)17-15(12-18)14(5-2)16(6-3)19-20-17/h13H,4-12,18H2,1-3H3. The van der Waals surface area contributed by atoms with Gasteiger partial charge in [-0.1, -0.05) is 27.2 Å². The van der Waals surface area contributed by atoms with Gasteiger partial charge in [0.15, 0.2) is 5.82 Å². The molecule has 21 heavy (non-hydrogen) atoms. The molecule has 1 atom stereocenters. The first-order valence-electron chi connectivity index (χ1n) is 8.60. The minimum atomic E-state index is 0.566. The second kappa shape index (κ2) is 7.74. The Morgan fingerprint density at radius 3 is 2.52 bits per heavy atom. The van der Waals surface area contributed by atoms with E-state index in [1.54, 1.807) is 0 Å². The van der Waals surface area contributed by atoms with Crippen LogP contribution in [-0.4, -0.2) is 22.8 Å². The average molecular weight is 290 g/mol. The fourth-order valence-corrected chi connectivity index (χ4v) is 3.60. The average Bonchev–Trinajstić information content (AvgIpc) is 2.54. The summed E-state index contributed by atoms with van der Waals surface area (Å²) in [5.41, 5.74) is 9.75. The third-order valence-corrected chi connectivity index (χ3v) is 4.66. The second-order valence-corrected chi connectivity index (χ2v) is 5.97. The summed E-state index contributed by atoms with van der Waals surface area (Å²) in [5, 5.41) is 9.08. The van der Waals surface area contributed by atoms with Gasteiger partial charge in [0.1, 0.15) is 0 Å². The lowest BCUT2D eigenvalue weighted by atomic mass is 9.96. The van der Waals surface area contributed by atoms with Gasteiger partial charge in [0, 0.05) is 24.7 Å². The second-order valence-electron chi connectivity index (χ2n) is 5.97. The number of piperidine rings is 1. The molecule has 0 aliphatic carbocycles. The minimum absolute atomic E-state index is 0.566. The van der Waals surface area contributed by atoms with Crippen molar-refractivity contribution in [2.24, 2.45) is 5.73 Å². The maximum absolute atomic E-state index is 6.08. The van der Waals surface area contributed by atoms with Gasteiger partial charge in [0.05, 0.1) is 5.69 Å². The van der Waals surface area contributed by atoms with Gasteiger partial charge >= 0.3 is 0 Å². The molecular formula is C17H30N4. The van der Waals surface area contributed by atoms with Crippen LogP contribution in [0.5, 0.6) is 0 Å². The first kappa shape index (κ1) is 16.2. The number of hydrogen-bond acceptors (Lipinski definition) is 4. The topological polar surface area (TPSA) is 55.0 Å². The van der Waals surface area contributed by atoms with Gasteiger partial charge in [-0.15, -0.1) is 5.10 Å². The fraction of sp³-hybridized carbons (Fsp3) is 0.765. The highest BCUT2D eigenvalue weighted by Gasteiger charge is 2.26. The Bertz CT molecular complexity index is 456. The van der Waals surface area contributed by atoms with Gasteiger partial charge in [-0.3, -0.25) is 0 Å². The number of aromatic nitrogens is 2. The van der Waals surface area contributed by atoms with Crippen LogP contribution in [0.25, 0.3) is 0 Å². The van der Waals surface area contributed by atoms with Crippen molar-refractivity contribution in [3.63, 3.8) is 0 Å². The summed E-state index contributed by atoms with van der Waals surface area (Å²) in [7, 11) is 0. The molecule has 118 valence electrons. The van der Waals surface area contributed by atoms with Crippen molar-refractivity contribution in [3.8, 4) is 0 Å². The molecule has 1 aromatic heterocycles. The van der Waals surface area contributed by atoms with Crippen LogP contribution >= 0.6 is 0 Å². The maximum atomic E-state index is 6.08.